The number of piperidine rings is 1. The van der Waals surface area contributed by atoms with Crippen molar-refractivity contribution in [2.24, 2.45) is 0 Å². The molecule has 3 heterocycles. The molecule has 2 aromatic rings. The zero-order valence-corrected chi connectivity index (χ0v) is 14.5. The molecule has 2 aliphatic rings. The number of likely N-dealkylation sites (tertiary alicyclic amines) is 1. The number of nitro groups is 1. The number of amides is 1. The van der Waals surface area contributed by atoms with Crippen LogP contribution in [0.25, 0.3) is 0 Å². The number of hydrogen-bond donors (Lipinski definition) is 0. The second-order valence-corrected chi connectivity index (χ2v) is 6.97. The number of hydrogen-bond acceptors (Lipinski definition) is 5. The fourth-order valence-electron chi connectivity index (χ4n) is 4.00. The number of carbonyl (C=O) groups is 1. The summed E-state index contributed by atoms with van der Waals surface area (Å²) in [5.41, 5.74) is 0.470. The Balaban J connectivity index is 1.48. The molecule has 2 aliphatic heterocycles. The summed E-state index contributed by atoms with van der Waals surface area (Å²) in [4.78, 5) is 25.3. The topological polar surface area (TPSA) is 94.2 Å². The number of fused-ring (bicyclic) bond motifs is 1. The van der Waals surface area contributed by atoms with E-state index in [1.807, 2.05) is 4.90 Å². The van der Waals surface area contributed by atoms with E-state index >= 15 is 0 Å². The maximum absolute atomic E-state index is 12.8. The number of nitrogens with zero attached hydrogens (tertiary/aromatic N) is 5. The van der Waals surface area contributed by atoms with Gasteiger partial charge in [0.1, 0.15) is 11.6 Å². The van der Waals surface area contributed by atoms with Gasteiger partial charge in [0.2, 0.25) is 5.91 Å². The molecular weight excluding hydrogens is 334 g/mol. The maximum Gasteiger partial charge on any atom is 0.273 e. The zero-order chi connectivity index (χ0) is 18.1. The summed E-state index contributed by atoms with van der Waals surface area (Å²) in [6, 6.07) is 6.45. The van der Waals surface area contributed by atoms with Crippen molar-refractivity contribution in [3.8, 4) is 0 Å². The van der Waals surface area contributed by atoms with E-state index in [9.17, 15) is 14.9 Å². The van der Waals surface area contributed by atoms with Crippen LogP contribution < -0.4 is 0 Å². The van der Waals surface area contributed by atoms with E-state index in [1.165, 1.54) is 6.07 Å². The van der Waals surface area contributed by atoms with Gasteiger partial charge in [0, 0.05) is 43.6 Å². The van der Waals surface area contributed by atoms with Crippen LogP contribution in [0.4, 0.5) is 5.69 Å². The van der Waals surface area contributed by atoms with Gasteiger partial charge < -0.3 is 9.47 Å². The summed E-state index contributed by atoms with van der Waals surface area (Å²) in [5, 5.41) is 19.8. The molecule has 1 aromatic carbocycles. The Bertz CT molecular complexity index is 847. The SMILES string of the molecule is O=C(Cc1ccccc1[N+](=O)[O-])N1CCCC(c2nnc3n2CCC3)C1. The Morgan fingerprint density at radius 2 is 2.08 bits per heavy atom. The summed E-state index contributed by atoms with van der Waals surface area (Å²) < 4.78 is 2.20. The van der Waals surface area contributed by atoms with Crippen molar-refractivity contribution in [2.75, 3.05) is 13.1 Å². The fraction of sp³-hybridized carbons (Fsp3) is 0.500. The highest BCUT2D eigenvalue weighted by Gasteiger charge is 2.30. The largest absolute Gasteiger partial charge is 0.342 e. The number of rotatable bonds is 4. The average Bonchev–Trinajstić information content (AvgIpc) is 3.25. The lowest BCUT2D eigenvalue weighted by Crippen LogP contribution is -2.40. The third-order valence-corrected chi connectivity index (χ3v) is 5.31. The van der Waals surface area contributed by atoms with Crippen LogP contribution in [0, 0.1) is 10.1 Å². The molecule has 8 nitrogen and oxygen atoms in total. The predicted molar refractivity (Wildman–Crippen MR) is 93.7 cm³/mol. The van der Waals surface area contributed by atoms with Gasteiger partial charge in [-0.05, 0) is 19.3 Å². The van der Waals surface area contributed by atoms with Crippen LogP contribution in [-0.2, 0) is 24.2 Å². The lowest BCUT2D eigenvalue weighted by molar-refractivity contribution is -0.385. The van der Waals surface area contributed by atoms with Crippen LogP contribution in [-0.4, -0.2) is 43.6 Å². The lowest BCUT2D eigenvalue weighted by Gasteiger charge is -2.32. The van der Waals surface area contributed by atoms with Gasteiger partial charge in [0.05, 0.1) is 11.3 Å². The van der Waals surface area contributed by atoms with Gasteiger partial charge in [-0.15, -0.1) is 10.2 Å². The Labute approximate surface area is 151 Å². The first-order valence-corrected chi connectivity index (χ1v) is 9.05. The summed E-state index contributed by atoms with van der Waals surface area (Å²) in [6.45, 7) is 2.26. The van der Waals surface area contributed by atoms with Crippen molar-refractivity contribution in [2.45, 2.75) is 44.6 Å². The molecule has 0 N–H and O–H groups in total. The number of nitro benzene ring substituents is 1. The normalized spacial score (nSPS) is 19.4. The first kappa shape index (κ1) is 16.7. The van der Waals surface area contributed by atoms with Gasteiger partial charge in [0.25, 0.3) is 5.69 Å². The minimum Gasteiger partial charge on any atom is -0.342 e. The molecule has 0 radical (unpaired) electrons. The van der Waals surface area contributed by atoms with Crippen molar-refractivity contribution < 1.29 is 9.72 Å². The molecule has 4 rings (SSSR count). The van der Waals surface area contributed by atoms with E-state index in [4.69, 9.17) is 0 Å². The van der Waals surface area contributed by atoms with Gasteiger partial charge in [-0.3, -0.25) is 14.9 Å². The number of benzene rings is 1. The van der Waals surface area contributed by atoms with Gasteiger partial charge in [-0.2, -0.15) is 0 Å². The molecule has 136 valence electrons. The van der Waals surface area contributed by atoms with Crippen molar-refractivity contribution in [3.05, 3.63) is 51.6 Å². The third kappa shape index (κ3) is 3.07. The van der Waals surface area contributed by atoms with Crippen molar-refractivity contribution in [1.82, 2.24) is 19.7 Å². The molecule has 0 spiro atoms. The predicted octanol–water partition coefficient (Wildman–Crippen LogP) is 2.08. The molecular formula is C18H21N5O3. The molecule has 26 heavy (non-hydrogen) atoms. The Kier molecular flexibility index (Phi) is 4.40. The summed E-state index contributed by atoms with van der Waals surface area (Å²) >= 11 is 0. The number of carbonyl (C=O) groups excluding carboxylic acids is 1. The molecule has 1 atom stereocenters. The highest BCUT2D eigenvalue weighted by molar-refractivity contribution is 5.80. The minimum atomic E-state index is -0.429. The standard InChI is InChI=1S/C18H21N5O3/c24-17(11-13-5-1-2-7-15(13)23(25)26)21-9-3-6-14(12-21)18-20-19-16-8-4-10-22(16)18/h1-2,5,7,14H,3-4,6,8-12H2. The first-order chi connectivity index (χ1) is 12.6. The van der Waals surface area contributed by atoms with E-state index in [0.29, 0.717) is 18.7 Å². The molecule has 1 amide bonds. The van der Waals surface area contributed by atoms with E-state index < -0.39 is 4.92 Å². The van der Waals surface area contributed by atoms with Gasteiger partial charge in [0.15, 0.2) is 0 Å². The van der Waals surface area contributed by atoms with Crippen molar-refractivity contribution in [1.29, 1.82) is 0 Å². The van der Waals surface area contributed by atoms with Crippen molar-refractivity contribution >= 4 is 11.6 Å². The van der Waals surface area contributed by atoms with Crippen LogP contribution in [0.5, 0.6) is 0 Å². The molecule has 1 saturated heterocycles. The molecule has 1 unspecified atom stereocenters. The molecule has 1 aromatic heterocycles. The Hall–Kier alpha value is -2.77. The maximum atomic E-state index is 12.8. The monoisotopic (exact) mass is 355 g/mol. The van der Waals surface area contributed by atoms with Crippen LogP contribution in [0.1, 0.15) is 42.4 Å². The number of para-hydroxylation sites is 1. The van der Waals surface area contributed by atoms with E-state index in [0.717, 1.165) is 43.9 Å². The summed E-state index contributed by atoms with van der Waals surface area (Å²) in [5.74, 6) is 2.16. The van der Waals surface area contributed by atoms with Crippen LogP contribution in [0.15, 0.2) is 24.3 Å². The quantitative estimate of drug-likeness (QED) is 0.618. The van der Waals surface area contributed by atoms with E-state index in [-0.39, 0.29) is 23.9 Å². The highest BCUT2D eigenvalue weighted by atomic mass is 16.6. The fourth-order valence-corrected chi connectivity index (χ4v) is 4.00. The molecule has 8 heteroatoms. The lowest BCUT2D eigenvalue weighted by atomic mass is 9.96. The van der Waals surface area contributed by atoms with Crippen LogP contribution >= 0.6 is 0 Å². The van der Waals surface area contributed by atoms with E-state index in [2.05, 4.69) is 14.8 Å². The summed E-state index contributed by atoms with van der Waals surface area (Å²) in [6.07, 6.45) is 4.04. The Morgan fingerprint density at radius 1 is 1.23 bits per heavy atom. The first-order valence-electron chi connectivity index (χ1n) is 9.05. The molecule has 1 fully saturated rings. The molecule has 0 aliphatic carbocycles. The van der Waals surface area contributed by atoms with Gasteiger partial charge in [-0.25, -0.2) is 0 Å². The third-order valence-electron chi connectivity index (χ3n) is 5.31. The second-order valence-electron chi connectivity index (χ2n) is 6.97. The average molecular weight is 355 g/mol. The van der Waals surface area contributed by atoms with Crippen LogP contribution in [0.2, 0.25) is 0 Å². The molecule has 0 bridgehead atoms. The number of aryl methyl sites for hydroxylation is 1. The Morgan fingerprint density at radius 3 is 2.92 bits per heavy atom. The van der Waals surface area contributed by atoms with Crippen LogP contribution in [0.3, 0.4) is 0 Å². The number of aromatic nitrogens is 3. The smallest absolute Gasteiger partial charge is 0.273 e. The van der Waals surface area contributed by atoms with Gasteiger partial charge in [-0.1, -0.05) is 18.2 Å². The van der Waals surface area contributed by atoms with Gasteiger partial charge >= 0.3 is 0 Å². The second kappa shape index (κ2) is 6.86. The minimum absolute atomic E-state index is 0.00434. The van der Waals surface area contributed by atoms with Crippen molar-refractivity contribution in [3.63, 3.8) is 0 Å². The zero-order valence-electron chi connectivity index (χ0n) is 14.5. The summed E-state index contributed by atoms with van der Waals surface area (Å²) in [7, 11) is 0. The van der Waals surface area contributed by atoms with E-state index in [1.54, 1.807) is 18.2 Å². The highest BCUT2D eigenvalue weighted by Crippen LogP contribution is 2.29. The molecule has 0 saturated carbocycles.